The van der Waals surface area contributed by atoms with Gasteiger partial charge in [0.25, 0.3) is 0 Å². The molecule has 0 N–H and O–H groups in total. The summed E-state index contributed by atoms with van der Waals surface area (Å²) in [5.41, 5.74) is 0. The quantitative estimate of drug-likeness (QED) is 0.433. The third-order valence-corrected chi connectivity index (χ3v) is 2.57. The normalized spacial score (nSPS) is 46.1. The third-order valence-electron chi connectivity index (χ3n) is 2.57. The van der Waals surface area contributed by atoms with Crippen molar-refractivity contribution in [2.24, 2.45) is 17.8 Å². The average molecular weight is 120 g/mol. The molecule has 0 amide bonds. The predicted octanol–water partition coefficient (Wildman–Crippen LogP) is 0.845. The smallest absolute Gasteiger partial charge is 0.137 e. The molecule has 3 aliphatic rings. The van der Waals surface area contributed by atoms with Crippen LogP contribution in [0.4, 0.5) is 0 Å². The van der Waals surface area contributed by atoms with Crippen LogP contribution in [0.3, 0.4) is 0 Å². The Bertz CT molecular complexity index is 199. The van der Waals surface area contributed by atoms with Gasteiger partial charge in [0.05, 0.1) is 0 Å². The Hall–Kier alpha value is -0.770. The van der Waals surface area contributed by atoms with Crippen LogP contribution >= 0.6 is 0 Å². The van der Waals surface area contributed by atoms with E-state index in [1.807, 2.05) is 0 Å². The Balaban J connectivity index is 2.24. The number of hydrogen-bond acceptors (Lipinski definition) is 1. The molecule has 0 aromatic heterocycles. The second-order valence-electron chi connectivity index (χ2n) is 2.97. The fourth-order valence-electron chi connectivity index (χ4n) is 1.96. The number of rotatable bonds is 0. The van der Waals surface area contributed by atoms with E-state index in [0.717, 1.165) is 12.8 Å². The summed E-state index contributed by atoms with van der Waals surface area (Å²) in [7, 11) is 0. The van der Waals surface area contributed by atoms with Gasteiger partial charge in [-0.25, -0.2) is 0 Å². The molecule has 0 radical (unpaired) electrons. The van der Waals surface area contributed by atoms with Crippen molar-refractivity contribution in [3.05, 3.63) is 0 Å². The Morgan fingerprint density at radius 2 is 2.44 bits per heavy atom. The molecule has 0 aromatic carbocycles. The van der Waals surface area contributed by atoms with E-state index in [1.54, 1.807) is 0 Å². The number of hydrogen-bond donors (Lipinski definition) is 0. The van der Waals surface area contributed by atoms with Crippen molar-refractivity contribution in [1.29, 1.82) is 0 Å². The molecule has 0 spiro atoms. The highest BCUT2D eigenvalue weighted by atomic mass is 16.1. The molecule has 3 saturated carbocycles. The van der Waals surface area contributed by atoms with E-state index in [0.29, 0.717) is 17.6 Å². The van der Waals surface area contributed by atoms with E-state index in [2.05, 4.69) is 5.92 Å². The van der Waals surface area contributed by atoms with Crippen molar-refractivity contribution in [2.45, 2.75) is 12.8 Å². The van der Waals surface area contributed by atoms with Gasteiger partial charge in [0, 0.05) is 18.3 Å². The number of fused-ring (bicyclic) bond motifs is 1. The maximum absolute atomic E-state index is 10.9. The van der Waals surface area contributed by atoms with E-state index in [1.165, 1.54) is 0 Å². The number of ketones is 1. The predicted molar refractivity (Wildman–Crippen MR) is 33.5 cm³/mol. The third kappa shape index (κ3) is 0.439. The van der Waals surface area contributed by atoms with Crippen molar-refractivity contribution in [3.8, 4) is 12.3 Å². The van der Waals surface area contributed by atoms with Gasteiger partial charge in [0.15, 0.2) is 0 Å². The second-order valence-corrected chi connectivity index (χ2v) is 2.97. The largest absolute Gasteiger partial charge is 0.299 e. The van der Waals surface area contributed by atoms with Gasteiger partial charge in [-0.2, -0.15) is 0 Å². The summed E-state index contributed by atoms with van der Waals surface area (Å²) in [5, 5.41) is 0. The molecule has 3 unspecified atom stereocenters. The molecule has 3 rings (SSSR count). The van der Waals surface area contributed by atoms with Gasteiger partial charge >= 0.3 is 0 Å². The molecule has 2 bridgehead atoms. The fourth-order valence-corrected chi connectivity index (χ4v) is 1.96. The maximum Gasteiger partial charge on any atom is 0.137 e. The van der Waals surface area contributed by atoms with Crippen molar-refractivity contribution in [3.63, 3.8) is 0 Å². The summed E-state index contributed by atoms with van der Waals surface area (Å²) in [6.07, 6.45) is 7.06. The summed E-state index contributed by atoms with van der Waals surface area (Å²) < 4.78 is 0. The van der Waals surface area contributed by atoms with Crippen LogP contribution in [0.1, 0.15) is 12.8 Å². The van der Waals surface area contributed by atoms with Gasteiger partial charge in [0.2, 0.25) is 0 Å². The van der Waals surface area contributed by atoms with Gasteiger partial charge in [-0.3, -0.25) is 4.79 Å². The monoisotopic (exact) mass is 120 g/mol. The molecule has 3 aliphatic carbocycles. The molecule has 3 fully saturated rings. The van der Waals surface area contributed by atoms with Crippen molar-refractivity contribution in [1.82, 2.24) is 0 Å². The average Bonchev–Trinajstić information content (AvgIpc) is 2.22. The van der Waals surface area contributed by atoms with Crippen LogP contribution in [0.15, 0.2) is 0 Å². The highest BCUT2D eigenvalue weighted by Gasteiger charge is 2.51. The molecule has 0 aliphatic heterocycles. The van der Waals surface area contributed by atoms with Gasteiger partial charge in [-0.15, -0.1) is 12.3 Å². The fraction of sp³-hybridized carbons (Fsp3) is 0.625. The topological polar surface area (TPSA) is 17.1 Å². The van der Waals surface area contributed by atoms with Gasteiger partial charge in [-0.1, -0.05) is 0 Å². The summed E-state index contributed by atoms with van der Waals surface area (Å²) in [6, 6.07) is 0. The Labute approximate surface area is 54.4 Å². The van der Waals surface area contributed by atoms with Crippen LogP contribution < -0.4 is 0 Å². The first-order valence-electron chi connectivity index (χ1n) is 3.32. The molecule has 0 heterocycles. The van der Waals surface area contributed by atoms with Crippen LogP contribution in [-0.2, 0) is 4.79 Å². The number of Topliss-reactive ketones (excluding diaryl/α,β-unsaturated/α-hetero) is 1. The molecular formula is C8H8O. The van der Waals surface area contributed by atoms with Crippen molar-refractivity contribution in [2.75, 3.05) is 0 Å². The minimum absolute atomic E-state index is 0.264. The molecule has 0 aromatic rings. The van der Waals surface area contributed by atoms with Crippen LogP contribution in [0.5, 0.6) is 0 Å². The highest BCUT2D eigenvalue weighted by molar-refractivity contribution is 5.87. The molecule has 3 atom stereocenters. The SMILES string of the molecule is C#CC1C2CC(=O)C1C2. The molecule has 46 valence electrons. The lowest BCUT2D eigenvalue weighted by Gasteiger charge is -2.29. The first-order chi connectivity index (χ1) is 4.33. The molecule has 9 heavy (non-hydrogen) atoms. The van der Waals surface area contributed by atoms with Crippen LogP contribution in [0.25, 0.3) is 0 Å². The van der Waals surface area contributed by atoms with E-state index in [-0.39, 0.29) is 5.92 Å². The summed E-state index contributed by atoms with van der Waals surface area (Å²) in [4.78, 5) is 10.9. The Morgan fingerprint density at radius 3 is 2.67 bits per heavy atom. The van der Waals surface area contributed by atoms with E-state index in [9.17, 15) is 4.79 Å². The number of terminal acetylenes is 1. The van der Waals surface area contributed by atoms with Crippen LogP contribution in [0.2, 0.25) is 0 Å². The summed E-state index contributed by atoms with van der Waals surface area (Å²) in [6.45, 7) is 0. The Morgan fingerprint density at radius 1 is 1.67 bits per heavy atom. The van der Waals surface area contributed by atoms with Gasteiger partial charge in [-0.05, 0) is 12.3 Å². The van der Waals surface area contributed by atoms with Crippen LogP contribution in [0, 0.1) is 30.1 Å². The van der Waals surface area contributed by atoms with Gasteiger partial charge < -0.3 is 0 Å². The van der Waals surface area contributed by atoms with E-state index in [4.69, 9.17) is 6.42 Å². The van der Waals surface area contributed by atoms with Crippen LogP contribution in [-0.4, -0.2) is 5.78 Å². The first kappa shape index (κ1) is 5.05. The number of carbonyl (C=O) groups excluding carboxylic acids is 1. The molecular weight excluding hydrogens is 112 g/mol. The Kier molecular flexibility index (Phi) is 0.778. The standard InChI is InChI=1S/C8H8O/c1-2-6-5-3-7(6)8(9)4-5/h1,5-7H,3-4H2. The molecule has 0 saturated heterocycles. The molecule has 1 heteroatoms. The highest BCUT2D eigenvalue weighted by Crippen LogP contribution is 2.50. The zero-order valence-corrected chi connectivity index (χ0v) is 5.13. The van der Waals surface area contributed by atoms with E-state index >= 15 is 0 Å². The second kappa shape index (κ2) is 1.39. The maximum atomic E-state index is 10.9. The lowest BCUT2D eigenvalue weighted by atomic mass is 9.73. The zero-order chi connectivity index (χ0) is 6.43. The van der Waals surface area contributed by atoms with Crippen molar-refractivity contribution < 1.29 is 4.79 Å². The molecule has 1 nitrogen and oxygen atoms in total. The minimum Gasteiger partial charge on any atom is -0.299 e. The first-order valence-corrected chi connectivity index (χ1v) is 3.32. The van der Waals surface area contributed by atoms with Gasteiger partial charge in [0.1, 0.15) is 5.78 Å². The van der Waals surface area contributed by atoms with Crippen molar-refractivity contribution >= 4 is 5.78 Å². The van der Waals surface area contributed by atoms with E-state index < -0.39 is 0 Å². The zero-order valence-electron chi connectivity index (χ0n) is 5.13. The lowest BCUT2D eigenvalue weighted by molar-refractivity contribution is -0.120. The summed E-state index contributed by atoms with van der Waals surface area (Å²) >= 11 is 0. The minimum atomic E-state index is 0.264. The summed E-state index contributed by atoms with van der Waals surface area (Å²) in [5.74, 6) is 4.22. The number of carbonyl (C=O) groups is 1. The lowest BCUT2D eigenvalue weighted by Crippen LogP contribution is -2.27.